The summed E-state index contributed by atoms with van der Waals surface area (Å²) < 4.78 is 1.80. The lowest BCUT2D eigenvalue weighted by molar-refractivity contribution is 0.590. The number of hydrogen-bond donors (Lipinski definition) is 1. The second kappa shape index (κ2) is 6.82. The second-order valence-corrected chi connectivity index (χ2v) is 7.54. The fourth-order valence-corrected chi connectivity index (χ4v) is 2.75. The van der Waals surface area contributed by atoms with Crippen LogP contribution in [-0.2, 0) is 5.41 Å². The number of nitrogens with zero attached hydrogens (tertiary/aromatic N) is 4. The molecule has 1 N–H and O–H groups in total. The lowest BCUT2D eigenvalue weighted by Crippen LogP contribution is -2.10. The van der Waals surface area contributed by atoms with Crippen molar-refractivity contribution >= 4 is 11.6 Å². The third-order valence-electron chi connectivity index (χ3n) is 4.29. The van der Waals surface area contributed by atoms with Gasteiger partial charge in [-0.1, -0.05) is 58.4 Å². The molecule has 0 aliphatic rings. The van der Waals surface area contributed by atoms with E-state index in [-0.39, 0.29) is 5.41 Å². The number of rotatable bonds is 5. The zero-order valence-corrected chi connectivity index (χ0v) is 15.8. The molecular weight excluding hydrogens is 310 g/mol. The van der Waals surface area contributed by atoms with E-state index in [2.05, 4.69) is 72.3 Å². The topological polar surface area (TPSA) is 55.1 Å². The summed E-state index contributed by atoms with van der Waals surface area (Å²) in [6.45, 7) is 11.7. The first kappa shape index (κ1) is 17.4. The molecule has 25 heavy (non-hydrogen) atoms. The minimum atomic E-state index is 0.139. The van der Waals surface area contributed by atoms with Crippen molar-refractivity contribution < 1.29 is 0 Å². The highest BCUT2D eigenvalue weighted by Crippen LogP contribution is 2.25. The summed E-state index contributed by atoms with van der Waals surface area (Å²) in [4.78, 5) is 9.14. The van der Waals surface area contributed by atoms with E-state index in [9.17, 15) is 0 Å². The first-order valence-electron chi connectivity index (χ1n) is 8.97. The van der Waals surface area contributed by atoms with Crippen molar-refractivity contribution in [3.63, 3.8) is 0 Å². The van der Waals surface area contributed by atoms with Crippen LogP contribution in [0, 0.1) is 6.92 Å². The van der Waals surface area contributed by atoms with E-state index in [1.54, 1.807) is 4.52 Å². The molecule has 0 aliphatic heterocycles. The van der Waals surface area contributed by atoms with Gasteiger partial charge in [-0.25, -0.2) is 4.98 Å². The molecule has 0 unspecified atom stereocenters. The van der Waals surface area contributed by atoms with Gasteiger partial charge in [0.2, 0.25) is 0 Å². The molecule has 0 amide bonds. The maximum Gasteiger partial charge on any atom is 0.254 e. The van der Waals surface area contributed by atoms with E-state index in [0.29, 0.717) is 11.6 Å². The van der Waals surface area contributed by atoms with Crippen molar-refractivity contribution in [3.05, 3.63) is 41.6 Å². The molecular formula is C20H27N5. The summed E-state index contributed by atoms with van der Waals surface area (Å²) in [6.07, 6.45) is 2.28. The normalized spacial score (nSPS) is 11.9. The van der Waals surface area contributed by atoms with Gasteiger partial charge in [0.05, 0.1) is 0 Å². The van der Waals surface area contributed by atoms with E-state index in [4.69, 9.17) is 0 Å². The third-order valence-corrected chi connectivity index (χ3v) is 4.29. The number of unbranched alkanes of at least 4 members (excludes halogenated alkanes) is 1. The van der Waals surface area contributed by atoms with E-state index < -0.39 is 0 Å². The summed E-state index contributed by atoms with van der Waals surface area (Å²) in [7, 11) is 0. The van der Waals surface area contributed by atoms with Crippen LogP contribution in [0.4, 0.5) is 5.82 Å². The summed E-state index contributed by atoms with van der Waals surface area (Å²) in [5, 5.41) is 8.12. The Morgan fingerprint density at radius 2 is 1.80 bits per heavy atom. The van der Waals surface area contributed by atoms with Gasteiger partial charge in [0, 0.05) is 23.9 Å². The fraction of sp³-hybridized carbons (Fsp3) is 0.450. The predicted molar refractivity (Wildman–Crippen MR) is 103 cm³/mol. The number of hydrogen-bond acceptors (Lipinski definition) is 4. The average molecular weight is 337 g/mol. The molecule has 0 radical (unpaired) electrons. The van der Waals surface area contributed by atoms with Crippen LogP contribution in [-0.4, -0.2) is 26.1 Å². The van der Waals surface area contributed by atoms with Gasteiger partial charge in [-0.05, 0) is 24.3 Å². The number of anilines is 1. The number of aromatic nitrogens is 4. The molecule has 132 valence electrons. The van der Waals surface area contributed by atoms with Crippen LogP contribution in [0.15, 0.2) is 30.3 Å². The molecule has 2 aromatic heterocycles. The van der Waals surface area contributed by atoms with Crippen molar-refractivity contribution in [3.8, 4) is 11.4 Å². The quantitative estimate of drug-likeness (QED) is 0.691. The van der Waals surface area contributed by atoms with E-state index in [0.717, 1.165) is 36.5 Å². The predicted octanol–water partition coefficient (Wildman–Crippen LogP) is 4.61. The lowest BCUT2D eigenvalue weighted by atomic mass is 9.87. The number of nitrogens with one attached hydrogen (secondary N) is 1. The molecule has 0 saturated carbocycles. The molecule has 3 aromatic rings. The van der Waals surface area contributed by atoms with Crippen molar-refractivity contribution in [1.82, 2.24) is 19.6 Å². The van der Waals surface area contributed by atoms with E-state index >= 15 is 0 Å². The number of aryl methyl sites for hydroxylation is 1. The van der Waals surface area contributed by atoms with Crippen LogP contribution in [0.25, 0.3) is 17.2 Å². The number of benzene rings is 1. The third kappa shape index (κ3) is 3.81. The highest BCUT2D eigenvalue weighted by molar-refractivity contribution is 5.59. The molecule has 3 rings (SSSR count). The Balaban J connectivity index is 1.96. The molecule has 0 bridgehead atoms. The van der Waals surface area contributed by atoms with Crippen molar-refractivity contribution in [2.24, 2.45) is 0 Å². The van der Waals surface area contributed by atoms with Crippen LogP contribution in [0.3, 0.4) is 0 Å². The van der Waals surface area contributed by atoms with Gasteiger partial charge < -0.3 is 5.32 Å². The zero-order valence-electron chi connectivity index (χ0n) is 15.8. The number of fused-ring (bicyclic) bond motifs is 1. The molecule has 0 aliphatic carbocycles. The Morgan fingerprint density at radius 3 is 2.44 bits per heavy atom. The summed E-state index contributed by atoms with van der Waals surface area (Å²) in [6, 6.07) is 10.5. The van der Waals surface area contributed by atoms with Crippen LogP contribution < -0.4 is 5.32 Å². The minimum absolute atomic E-state index is 0.139. The van der Waals surface area contributed by atoms with Gasteiger partial charge in [0.15, 0.2) is 5.82 Å². The van der Waals surface area contributed by atoms with E-state index in [1.807, 2.05) is 13.0 Å². The van der Waals surface area contributed by atoms with Gasteiger partial charge in [-0.15, -0.1) is 5.10 Å². The zero-order chi connectivity index (χ0) is 18.0. The molecule has 0 saturated heterocycles. The SMILES string of the molecule is CCCCNc1cc(C)nc2nc(-c3ccc(C(C)(C)C)cc3)nn12. The van der Waals surface area contributed by atoms with Crippen molar-refractivity contribution in [1.29, 1.82) is 0 Å². The summed E-state index contributed by atoms with van der Waals surface area (Å²) in [5.41, 5.74) is 3.39. The summed E-state index contributed by atoms with van der Waals surface area (Å²) >= 11 is 0. The maximum atomic E-state index is 4.68. The molecule has 2 heterocycles. The van der Waals surface area contributed by atoms with Gasteiger partial charge in [0.25, 0.3) is 5.78 Å². The Labute approximate surface area is 149 Å². The maximum absolute atomic E-state index is 4.68. The first-order chi connectivity index (χ1) is 11.9. The van der Waals surface area contributed by atoms with Gasteiger partial charge in [-0.2, -0.15) is 9.50 Å². The Morgan fingerprint density at radius 1 is 1.08 bits per heavy atom. The average Bonchev–Trinajstić information content (AvgIpc) is 2.98. The minimum Gasteiger partial charge on any atom is -0.370 e. The highest BCUT2D eigenvalue weighted by atomic mass is 15.4. The standard InChI is InChI=1S/C20H27N5/c1-6-7-12-21-17-13-14(2)22-19-23-18(24-25(17)19)15-8-10-16(11-9-15)20(3,4)5/h8-11,13,21H,6-7,12H2,1-5H3. The van der Waals surface area contributed by atoms with Gasteiger partial charge >= 0.3 is 0 Å². The Bertz CT molecular complexity index is 856. The molecule has 1 aromatic carbocycles. The smallest absolute Gasteiger partial charge is 0.254 e. The molecule has 5 heteroatoms. The summed E-state index contributed by atoms with van der Waals surface area (Å²) in [5.74, 6) is 2.28. The lowest BCUT2D eigenvalue weighted by Gasteiger charge is -2.18. The van der Waals surface area contributed by atoms with Crippen LogP contribution >= 0.6 is 0 Å². The molecule has 0 spiro atoms. The first-order valence-corrected chi connectivity index (χ1v) is 8.97. The Kier molecular flexibility index (Phi) is 4.75. The highest BCUT2D eigenvalue weighted by Gasteiger charge is 2.15. The van der Waals surface area contributed by atoms with E-state index in [1.165, 1.54) is 5.56 Å². The van der Waals surface area contributed by atoms with Crippen LogP contribution in [0.2, 0.25) is 0 Å². The van der Waals surface area contributed by atoms with Gasteiger partial charge in [0.1, 0.15) is 5.82 Å². The van der Waals surface area contributed by atoms with Crippen LogP contribution in [0.1, 0.15) is 51.8 Å². The fourth-order valence-electron chi connectivity index (χ4n) is 2.75. The molecule has 0 atom stereocenters. The monoisotopic (exact) mass is 337 g/mol. The molecule has 0 fully saturated rings. The second-order valence-electron chi connectivity index (χ2n) is 7.54. The molecule has 5 nitrogen and oxygen atoms in total. The van der Waals surface area contributed by atoms with Gasteiger partial charge in [-0.3, -0.25) is 0 Å². The Hall–Kier alpha value is -2.43. The van der Waals surface area contributed by atoms with Crippen LogP contribution in [0.5, 0.6) is 0 Å². The largest absolute Gasteiger partial charge is 0.370 e. The van der Waals surface area contributed by atoms with Crippen molar-refractivity contribution in [2.45, 2.75) is 52.9 Å². The van der Waals surface area contributed by atoms with Crippen molar-refractivity contribution in [2.75, 3.05) is 11.9 Å².